The van der Waals surface area contributed by atoms with E-state index in [-0.39, 0.29) is 17.9 Å². The minimum absolute atomic E-state index is 0.113. The largest absolute Gasteiger partial charge is 0.353 e. The molecule has 1 amide bonds. The zero-order valence-electron chi connectivity index (χ0n) is 11.7. The Labute approximate surface area is 125 Å². The van der Waals surface area contributed by atoms with Crippen molar-refractivity contribution in [3.05, 3.63) is 34.9 Å². The number of benzene rings is 1. The van der Waals surface area contributed by atoms with E-state index in [0.717, 1.165) is 29.8 Å². The van der Waals surface area contributed by atoms with Crippen LogP contribution in [-0.4, -0.2) is 24.0 Å². The van der Waals surface area contributed by atoms with E-state index in [9.17, 15) is 4.79 Å². The van der Waals surface area contributed by atoms with Gasteiger partial charge in [0.15, 0.2) is 0 Å². The van der Waals surface area contributed by atoms with Gasteiger partial charge in [-0.05, 0) is 44.2 Å². The SMILES string of the molecule is CC(Cc1ccccc1Cl)NC(=O)C1CC2CCC1N2. The van der Waals surface area contributed by atoms with Crippen LogP contribution in [0.1, 0.15) is 31.7 Å². The third kappa shape index (κ3) is 2.84. The van der Waals surface area contributed by atoms with Crippen molar-refractivity contribution >= 4 is 17.5 Å². The first-order chi connectivity index (χ1) is 9.63. The summed E-state index contributed by atoms with van der Waals surface area (Å²) >= 11 is 6.16. The van der Waals surface area contributed by atoms with Gasteiger partial charge in [-0.15, -0.1) is 0 Å². The van der Waals surface area contributed by atoms with Crippen molar-refractivity contribution in [2.45, 2.75) is 50.7 Å². The van der Waals surface area contributed by atoms with E-state index in [0.29, 0.717) is 12.1 Å². The highest BCUT2D eigenvalue weighted by atomic mass is 35.5. The highest BCUT2D eigenvalue weighted by molar-refractivity contribution is 6.31. The lowest BCUT2D eigenvalue weighted by Crippen LogP contribution is -2.42. The van der Waals surface area contributed by atoms with Crippen LogP contribution < -0.4 is 10.6 Å². The third-order valence-electron chi connectivity index (χ3n) is 4.51. The van der Waals surface area contributed by atoms with Crippen molar-refractivity contribution in [3.63, 3.8) is 0 Å². The standard InChI is InChI=1S/C16H21ClN2O/c1-10(8-11-4-2-3-5-14(11)17)18-16(20)13-9-12-6-7-15(13)19-12/h2-5,10,12-13,15,19H,6-9H2,1H3,(H,18,20). The van der Waals surface area contributed by atoms with E-state index >= 15 is 0 Å². The minimum atomic E-state index is 0.113. The van der Waals surface area contributed by atoms with Gasteiger partial charge in [0.1, 0.15) is 0 Å². The van der Waals surface area contributed by atoms with E-state index in [2.05, 4.69) is 10.6 Å². The highest BCUT2D eigenvalue weighted by Gasteiger charge is 2.42. The maximum Gasteiger partial charge on any atom is 0.224 e. The van der Waals surface area contributed by atoms with Gasteiger partial charge in [-0.3, -0.25) is 4.79 Å². The lowest BCUT2D eigenvalue weighted by atomic mass is 9.88. The summed E-state index contributed by atoms with van der Waals surface area (Å²) in [6, 6.07) is 8.89. The Morgan fingerprint density at radius 2 is 2.25 bits per heavy atom. The smallest absolute Gasteiger partial charge is 0.224 e. The number of hydrogen-bond donors (Lipinski definition) is 2. The van der Waals surface area contributed by atoms with Crippen LogP contribution >= 0.6 is 11.6 Å². The molecule has 108 valence electrons. The molecule has 2 fully saturated rings. The van der Waals surface area contributed by atoms with Gasteiger partial charge in [-0.1, -0.05) is 29.8 Å². The molecule has 0 saturated carbocycles. The summed E-state index contributed by atoms with van der Waals surface area (Å²) in [4.78, 5) is 12.3. The van der Waals surface area contributed by atoms with E-state index in [1.807, 2.05) is 31.2 Å². The van der Waals surface area contributed by atoms with E-state index < -0.39 is 0 Å². The molecule has 4 atom stereocenters. The minimum Gasteiger partial charge on any atom is -0.353 e. The van der Waals surface area contributed by atoms with Crippen molar-refractivity contribution < 1.29 is 4.79 Å². The summed E-state index contributed by atoms with van der Waals surface area (Å²) in [6.07, 6.45) is 4.14. The first kappa shape index (κ1) is 13.9. The number of hydrogen-bond acceptors (Lipinski definition) is 2. The van der Waals surface area contributed by atoms with Crippen LogP contribution in [0.15, 0.2) is 24.3 Å². The molecule has 0 aliphatic carbocycles. The van der Waals surface area contributed by atoms with Crippen molar-refractivity contribution in [1.29, 1.82) is 0 Å². The zero-order chi connectivity index (χ0) is 14.1. The molecule has 0 spiro atoms. The normalized spacial score (nSPS) is 29.4. The second kappa shape index (κ2) is 5.74. The van der Waals surface area contributed by atoms with E-state index in [4.69, 9.17) is 11.6 Å². The molecule has 3 nitrogen and oxygen atoms in total. The predicted octanol–water partition coefficient (Wildman–Crippen LogP) is 2.53. The lowest BCUT2D eigenvalue weighted by molar-refractivity contribution is -0.126. The summed E-state index contributed by atoms with van der Waals surface area (Å²) in [5.74, 6) is 0.353. The summed E-state index contributed by atoms with van der Waals surface area (Å²) in [6.45, 7) is 2.04. The summed E-state index contributed by atoms with van der Waals surface area (Å²) in [5.41, 5.74) is 1.09. The Morgan fingerprint density at radius 1 is 1.45 bits per heavy atom. The van der Waals surface area contributed by atoms with Crippen molar-refractivity contribution in [3.8, 4) is 0 Å². The number of halogens is 1. The number of rotatable bonds is 4. The van der Waals surface area contributed by atoms with Gasteiger partial charge in [-0.2, -0.15) is 0 Å². The van der Waals surface area contributed by atoms with Gasteiger partial charge in [0.2, 0.25) is 5.91 Å². The van der Waals surface area contributed by atoms with Crippen LogP contribution in [0.3, 0.4) is 0 Å². The molecule has 3 rings (SSSR count). The summed E-state index contributed by atoms with van der Waals surface area (Å²) in [5, 5.41) is 7.43. The molecule has 2 N–H and O–H groups in total. The van der Waals surface area contributed by atoms with E-state index in [1.165, 1.54) is 6.42 Å². The lowest BCUT2D eigenvalue weighted by Gasteiger charge is -2.22. The second-order valence-electron chi connectivity index (χ2n) is 6.09. The molecule has 4 heteroatoms. The fourth-order valence-electron chi connectivity index (χ4n) is 3.51. The van der Waals surface area contributed by atoms with Gasteiger partial charge >= 0.3 is 0 Å². The summed E-state index contributed by atoms with van der Waals surface area (Å²) in [7, 11) is 0. The van der Waals surface area contributed by atoms with Crippen molar-refractivity contribution in [1.82, 2.24) is 10.6 Å². The molecule has 2 aliphatic rings. The van der Waals surface area contributed by atoms with Crippen LogP contribution in [0.5, 0.6) is 0 Å². The monoisotopic (exact) mass is 292 g/mol. The zero-order valence-corrected chi connectivity index (χ0v) is 12.5. The first-order valence-electron chi connectivity index (χ1n) is 7.43. The maximum absolute atomic E-state index is 12.3. The van der Waals surface area contributed by atoms with E-state index in [1.54, 1.807) is 0 Å². The Morgan fingerprint density at radius 3 is 2.90 bits per heavy atom. The number of fused-ring (bicyclic) bond motifs is 2. The fraction of sp³-hybridized carbons (Fsp3) is 0.562. The Bertz CT molecular complexity index is 505. The molecule has 2 saturated heterocycles. The molecular formula is C16H21ClN2O. The Balaban J connectivity index is 1.55. The van der Waals surface area contributed by atoms with Crippen molar-refractivity contribution in [2.75, 3.05) is 0 Å². The molecule has 2 bridgehead atoms. The number of nitrogens with one attached hydrogen (secondary N) is 2. The number of carbonyl (C=O) groups excluding carboxylic acids is 1. The molecule has 1 aromatic rings. The van der Waals surface area contributed by atoms with Gasteiger partial charge < -0.3 is 10.6 Å². The molecular weight excluding hydrogens is 272 g/mol. The quantitative estimate of drug-likeness (QED) is 0.895. The van der Waals surface area contributed by atoms with Crippen LogP contribution in [0, 0.1) is 5.92 Å². The van der Waals surface area contributed by atoms with Crippen LogP contribution in [0.25, 0.3) is 0 Å². The molecule has 2 heterocycles. The fourth-order valence-corrected chi connectivity index (χ4v) is 3.72. The van der Waals surface area contributed by atoms with Gasteiger partial charge in [-0.25, -0.2) is 0 Å². The first-order valence-corrected chi connectivity index (χ1v) is 7.81. The number of carbonyl (C=O) groups is 1. The van der Waals surface area contributed by atoms with Gasteiger partial charge in [0, 0.05) is 23.1 Å². The maximum atomic E-state index is 12.3. The van der Waals surface area contributed by atoms with Gasteiger partial charge in [0.25, 0.3) is 0 Å². The molecule has 0 aromatic heterocycles. The molecule has 4 unspecified atom stereocenters. The molecule has 20 heavy (non-hydrogen) atoms. The third-order valence-corrected chi connectivity index (χ3v) is 4.88. The van der Waals surface area contributed by atoms with Crippen molar-refractivity contribution in [2.24, 2.45) is 5.92 Å². The predicted molar refractivity (Wildman–Crippen MR) is 80.8 cm³/mol. The van der Waals surface area contributed by atoms with Crippen LogP contribution in [-0.2, 0) is 11.2 Å². The average Bonchev–Trinajstić information content (AvgIpc) is 3.03. The van der Waals surface area contributed by atoms with Gasteiger partial charge in [0.05, 0.1) is 5.92 Å². The Kier molecular flexibility index (Phi) is 3.99. The number of amides is 1. The van der Waals surface area contributed by atoms with Crippen LogP contribution in [0.4, 0.5) is 0 Å². The topological polar surface area (TPSA) is 41.1 Å². The average molecular weight is 293 g/mol. The second-order valence-corrected chi connectivity index (χ2v) is 6.50. The summed E-state index contributed by atoms with van der Waals surface area (Å²) < 4.78 is 0. The highest BCUT2D eigenvalue weighted by Crippen LogP contribution is 2.33. The molecule has 2 aliphatic heterocycles. The Hall–Kier alpha value is -1.06. The molecule has 0 radical (unpaired) electrons. The van der Waals surface area contributed by atoms with Crippen LogP contribution in [0.2, 0.25) is 5.02 Å². The molecule has 1 aromatic carbocycles.